The first kappa shape index (κ1) is 13.8. The Labute approximate surface area is 99.4 Å². The molecule has 3 nitrogen and oxygen atoms in total. The zero-order chi connectivity index (χ0) is 13.4. The molecule has 1 N–H and O–H groups in total. The molecule has 0 amide bonds. The van der Waals surface area contributed by atoms with Gasteiger partial charge in [-0.1, -0.05) is 0 Å². The van der Waals surface area contributed by atoms with Crippen LogP contribution in [-0.4, -0.2) is 16.1 Å². The number of halogens is 6. The summed E-state index contributed by atoms with van der Waals surface area (Å²) in [6, 6.07) is 0. The highest BCUT2D eigenvalue weighted by atomic mass is 79.9. The third-order valence-corrected chi connectivity index (χ3v) is 2.62. The molecule has 0 aliphatic rings. The largest absolute Gasteiger partial charge is 0.478 e. The van der Waals surface area contributed by atoms with E-state index in [1.54, 1.807) is 0 Å². The van der Waals surface area contributed by atoms with E-state index in [-0.39, 0.29) is 0 Å². The molecule has 0 saturated heterocycles. The van der Waals surface area contributed by atoms with Crippen molar-refractivity contribution in [2.45, 2.75) is 12.6 Å². The first-order valence-corrected chi connectivity index (χ1v) is 4.72. The Morgan fingerprint density at radius 3 is 2.29 bits per heavy atom. The van der Waals surface area contributed by atoms with E-state index in [1.165, 1.54) is 0 Å². The Morgan fingerprint density at radius 1 is 1.41 bits per heavy atom. The molecule has 0 spiro atoms. The number of carboxylic acid groups (broad SMARTS) is 1. The molecule has 0 aromatic carbocycles. The lowest BCUT2D eigenvalue weighted by molar-refractivity contribution is -0.143. The zero-order valence-corrected chi connectivity index (χ0v) is 9.31. The van der Waals surface area contributed by atoms with Gasteiger partial charge in [-0.3, -0.25) is 4.98 Å². The van der Waals surface area contributed by atoms with Crippen LogP contribution in [0.3, 0.4) is 0 Å². The van der Waals surface area contributed by atoms with Crippen molar-refractivity contribution in [3.63, 3.8) is 0 Å². The van der Waals surface area contributed by atoms with Crippen LogP contribution < -0.4 is 0 Å². The fraction of sp³-hybridized carbons (Fsp3) is 0.250. The molecule has 17 heavy (non-hydrogen) atoms. The van der Waals surface area contributed by atoms with Gasteiger partial charge in [0.05, 0.1) is 11.1 Å². The number of alkyl halides is 5. The molecule has 0 saturated carbocycles. The minimum Gasteiger partial charge on any atom is -0.478 e. The van der Waals surface area contributed by atoms with Crippen LogP contribution in [0.25, 0.3) is 0 Å². The Kier molecular flexibility index (Phi) is 3.70. The molecule has 94 valence electrons. The molecule has 1 heterocycles. The molecule has 0 atom stereocenters. The highest BCUT2D eigenvalue weighted by molar-refractivity contribution is 9.10. The van der Waals surface area contributed by atoms with Gasteiger partial charge >= 0.3 is 12.1 Å². The predicted octanol–water partition coefficient (Wildman–Crippen LogP) is 3.50. The molecule has 0 bridgehead atoms. The van der Waals surface area contributed by atoms with Crippen LogP contribution in [0, 0.1) is 0 Å². The lowest BCUT2D eigenvalue weighted by Gasteiger charge is -2.13. The van der Waals surface area contributed by atoms with Crippen LogP contribution in [0.4, 0.5) is 22.0 Å². The van der Waals surface area contributed by atoms with Gasteiger partial charge in [-0.2, -0.15) is 13.2 Å². The molecule has 1 aromatic heterocycles. The fourth-order valence-electron chi connectivity index (χ4n) is 1.08. The molecule has 0 aliphatic carbocycles. The van der Waals surface area contributed by atoms with E-state index in [9.17, 15) is 26.7 Å². The van der Waals surface area contributed by atoms with Crippen molar-refractivity contribution in [3.8, 4) is 0 Å². The summed E-state index contributed by atoms with van der Waals surface area (Å²) in [5.74, 6) is -1.65. The predicted molar refractivity (Wildman–Crippen MR) is 48.9 cm³/mol. The van der Waals surface area contributed by atoms with Crippen molar-refractivity contribution in [2.75, 3.05) is 0 Å². The highest BCUT2D eigenvalue weighted by Gasteiger charge is 2.39. The third kappa shape index (κ3) is 2.71. The highest BCUT2D eigenvalue weighted by Crippen LogP contribution is 2.39. The number of nitrogens with zero attached hydrogens (tertiary/aromatic N) is 1. The maximum atomic E-state index is 12.5. The smallest absolute Gasteiger partial charge is 0.433 e. The standard InChI is InChI=1S/C8H3BrF5NO2/c9-4-2(7(16)17)1-15-5(8(12,13)14)3(4)6(10)11/h1,6H,(H,16,17). The van der Waals surface area contributed by atoms with E-state index in [0.717, 1.165) is 0 Å². The van der Waals surface area contributed by atoms with Crippen LogP contribution in [0.5, 0.6) is 0 Å². The van der Waals surface area contributed by atoms with E-state index in [2.05, 4.69) is 20.9 Å². The van der Waals surface area contributed by atoms with Crippen molar-refractivity contribution in [3.05, 3.63) is 27.5 Å². The number of pyridine rings is 1. The lowest BCUT2D eigenvalue weighted by Crippen LogP contribution is -2.15. The summed E-state index contributed by atoms with van der Waals surface area (Å²) >= 11 is 2.42. The van der Waals surface area contributed by atoms with Crippen molar-refractivity contribution in [2.24, 2.45) is 0 Å². The maximum Gasteiger partial charge on any atom is 0.433 e. The first-order chi connectivity index (χ1) is 7.66. The minimum atomic E-state index is -5.08. The molecule has 1 rings (SSSR count). The van der Waals surface area contributed by atoms with Crippen LogP contribution in [-0.2, 0) is 6.18 Å². The van der Waals surface area contributed by atoms with Gasteiger partial charge in [-0.25, -0.2) is 13.6 Å². The number of aromatic carboxylic acids is 1. The van der Waals surface area contributed by atoms with Crippen LogP contribution >= 0.6 is 15.9 Å². The average Bonchev–Trinajstić information content (AvgIpc) is 2.14. The van der Waals surface area contributed by atoms with Gasteiger partial charge in [0.25, 0.3) is 6.43 Å². The average molecular weight is 320 g/mol. The van der Waals surface area contributed by atoms with E-state index in [1.807, 2.05) is 0 Å². The van der Waals surface area contributed by atoms with Crippen LogP contribution in [0.1, 0.15) is 28.0 Å². The molecular formula is C8H3BrF5NO2. The van der Waals surface area contributed by atoms with Crippen LogP contribution in [0.2, 0.25) is 0 Å². The zero-order valence-electron chi connectivity index (χ0n) is 7.73. The second-order valence-electron chi connectivity index (χ2n) is 2.85. The molecule has 0 aliphatic heterocycles. The molecule has 0 fully saturated rings. The van der Waals surface area contributed by atoms with Crippen molar-refractivity contribution < 1.29 is 31.9 Å². The monoisotopic (exact) mass is 319 g/mol. The summed E-state index contributed by atoms with van der Waals surface area (Å²) in [6.45, 7) is 0. The Morgan fingerprint density at radius 2 is 1.94 bits per heavy atom. The van der Waals surface area contributed by atoms with E-state index in [4.69, 9.17) is 5.11 Å². The second-order valence-corrected chi connectivity index (χ2v) is 3.64. The van der Waals surface area contributed by atoms with Gasteiger partial charge in [0.2, 0.25) is 0 Å². The maximum absolute atomic E-state index is 12.5. The fourth-order valence-corrected chi connectivity index (χ4v) is 1.71. The van der Waals surface area contributed by atoms with E-state index < -0.39 is 39.9 Å². The normalized spacial score (nSPS) is 11.9. The summed E-state index contributed by atoms with van der Waals surface area (Å²) in [4.78, 5) is 13.3. The number of carboxylic acids is 1. The molecule has 1 aromatic rings. The van der Waals surface area contributed by atoms with Gasteiger partial charge in [0.15, 0.2) is 5.69 Å². The van der Waals surface area contributed by atoms with Gasteiger partial charge in [-0.15, -0.1) is 0 Å². The van der Waals surface area contributed by atoms with Gasteiger partial charge in [-0.05, 0) is 15.9 Å². The Balaban J connectivity index is 3.57. The SMILES string of the molecule is O=C(O)c1cnc(C(F)(F)F)c(C(F)F)c1Br. The molecule has 0 unspecified atom stereocenters. The number of aromatic nitrogens is 1. The molecule has 0 radical (unpaired) electrons. The van der Waals surface area contributed by atoms with Crippen molar-refractivity contribution in [1.29, 1.82) is 0 Å². The molecule has 9 heteroatoms. The Hall–Kier alpha value is -1.25. The summed E-state index contributed by atoms with van der Waals surface area (Å²) < 4.78 is 61.3. The first-order valence-electron chi connectivity index (χ1n) is 3.93. The van der Waals surface area contributed by atoms with E-state index >= 15 is 0 Å². The minimum absolute atomic E-state index is 0.376. The van der Waals surface area contributed by atoms with Crippen molar-refractivity contribution >= 4 is 21.9 Å². The molecular weight excluding hydrogens is 317 g/mol. The number of rotatable bonds is 2. The second kappa shape index (κ2) is 4.55. The van der Waals surface area contributed by atoms with Gasteiger partial charge in [0, 0.05) is 10.7 Å². The number of carbonyl (C=O) groups is 1. The lowest BCUT2D eigenvalue weighted by atomic mass is 10.1. The summed E-state index contributed by atoms with van der Waals surface area (Å²) in [6.07, 6.45) is -8.19. The quantitative estimate of drug-likeness (QED) is 0.849. The van der Waals surface area contributed by atoms with Gasteiger partial charge < -0.3 is 5.11 Å². The van der Waals surface area contributed by atoms with Crippen molar-refractivity contribution in [1.82, 2.24) is 4.98 Å². The summed E-state index contributed by atoms with van der Waals surface area (Å²) in [5.41, 5.74) is -4.03. The summed E-state index contributed by atoms with van der Waals surface area (Å²) in [5, 5.41) is 8.57. The van der Waals surface area contributed by atoms with Gasteiger partial charge in [0.1, 0.15) is 0 Å². The third-order valence-electron chi connectivity index (χ3n) is 1.77. The Bertz CT molecular complexity index is 460. The number of hydrogen-bond acceptors (Lipinski definition) is 2. The summed E-state index contributed by atoms with van der Waals surface area (Å²) in [7, 11) is 0. The topological polar surface area (TPSA) is 50.2 Å². The van der Waals surface area contributed by atoms with Crippen LogP contribution in [0.15, 0.2) is 10.7 Å². The van der Waals surface area contributed by atoms with E-state index in [0.29, 0.717) is 6.20 Å². The number of hydrogen-bond donors (Lipinski definition) is 1.